The Morgan fingerprint density at radius 1 is 1.15 bits per heavy atom. The van der Waals surface area contributed by atoms with E-state index in [-0.39, 0.29) is 25.6 Å². The Kier molecular flexibility index (Phi) is 8.92. The molecule has 0 spiro atoms. The Balaban J connectivity index is 1.34. The Morgan fingerprint density at radius 2 is 1.98 bits per heavy atom. The van der Waals surface area contributed by atoms with Gasteiger partial charge >= 0.3 is 0 Å². The largest absolute Gasteiger partial charge is 0.394 e. The van der Waals surface area contributed by atoms with Crippen molar-refractivity contribution in [3.63, 3.8) is 0 Å². The van der Waals surface area contributed by atoms with Gasteiger partial charge in [0, 0.05) is 49.0 Å². The maximum absolute atomic E-state index is 14.7. The molecule has 2 fully saturated rings. The summed E-state index contributed by atoms with van der Waals surface area (Å²) in [4.78, 5) is 17.4. The number of piperidine rings is 1. The van der Waals surface area contributed by atoms with Crippen molar-refractivity contribution in [3.05, 3.63) is 42.2 Å². The Morgan fingerprint density at radius 3 is 2.70 bits per heavy atom. The highest BCUT2D eigenvalue weighted by Crippen LogP contribution is 2.37. The highest BCUT2D eigenvalue weighted by molar-refractivity contribution is 7.99. The fourth-order valence-corrected chi connectivity index (χ4v) is 6.22. The molecule has 2 N–H and O–H groups in total. The smallest absolute Gasteiger partial charge is 0.290 e. The van der Waals surface area contributed by atoms with E-state index in [1.807, 2.05) is 18.0 Å². The summed E-state index contributed by atoms with van der Waals surface area (Å²) >= 11 is 2.00. The maximum Gasteiger partial charge on any atom is 0.290 e. The van der Waals surface area contributed by atoms with Crippen molar-refractivity contribution in [2.75, 3.05) is 66.0 Å². The number of rotatable bonds is 11. The van der Waals surface area contributed by atoms with Crippen LogP contribution in [-0.4, -0.2) is 83.0 Å². The van der Waals surface area contributed by atoms with Gasteiger partial charge in [-0.05, 0) is 53.0 Å². The van der Waals surface area contributed by atoms with Crippen molar-refractivity contribution in [1.82, 2.24) is 15.0 Å². The molecule has 0 amide bonds. The van der Waals surface area contributed by atoms with Crippen molar-refractivity contribution >= 4 is 45.8 Å². The van der Waals surface area contributed by atoms with Crippen molar-refractivity contribution in [1.29, 1.82) is 0 Å². The number of benzene rings is 1. The summed E-state index contributed by atoms with van der Waals surface area (Å²) in [5.41, 5.74) is 2.47. The summed E-state index contributed by atoms with van der Waals surface area (Å²) in [5, 5.41) is 14.5. The van der Waals surface area contributed by atoms with E-state index in [1.165, 1.54) is 21.9 Å². The Bertz CT molecular complexity index is 1310. The van der Waals surface area contributed by atoms with Crippen LogP contribution in [0.1, 0.15) is 38.7 Å². The third kappa shape index (κ3) is 6.26. The van der Waals surface area contributed by atoms with Crippen molar-refractivity contribution in [2.45, 2.75) is 45.1 Å². The molecule has 5 rings (SSSR count). The molecule has 2 aliphatic rings. The van der Waals surface area contributed by atoms with Gasteiger partial charge in [-0.15, -0.1) is 0 Å². The van der Waals surface area contributed by atoms with Gasteiger partial charge in [-0.25, -0.2) is 18.7 Å². The number of fused-ring (bicyclic) bond motifs is 1. The lowest BCUT2D eigenvalue weighted by Crippen LogP contribution is -2.53. The van der Waals surface area contributed by atoms with Crippen LogP contribution >= 0.6 is 11.8 Å². The lowest BCUT2D eigenvalue weighted by Gasteiger charge is -2.41. The SMILES string of the molecule is CCSCC1CN(c2ccc(C(C)C)c3cc(Nc4ccnc(N5CCC(OCCO)C(F)(F)C5)n4)ncc23)C1. The van der Waals surface area contributed by atoms with Gasteiger partial charge in [-0.2, -0.15) is 16.7 Å². The molecule has 2 aliphatic heterocycles. The van der Waals surface area contributed by atoms with Crippen molar-refractivity contribution in [2.24, 2.45) is 5.92 Å². The molecule has 40 heavy (non-hydrogen) atoms. The molecule has 0 radical (unpaired) electrons. The van der Waals surface area contributed by atoms with Crippen LogP contribution in [0.3, 0.4) is 0 Å². The van der Waals surface area contributed by atoms with E-state index in [9.17, 15) is 8.78 Å². The number of ether oxygens (including phenoxy) is 1. The molecule has 2 aromatic heterocycles. The fraction of sp³-hybridized carbons (Fsp3) is 0.552. The van der Waals surface area contributed by atoms with Gasteiger partial charge in [0.05, 0.1) is 19.8 Å². The molecular weight excluding hydrogens is 534 g/mol. The summed E-state index contributed by atoms with van der Waals surface area (Å²) in [5.74, 6) is 1.70. The monoisotopic (exact) mass is 572 g/mol. The van der Waals surface area contributed by atoms with Crippen LogP contribution in [-0.2, 0) is 4.74 Å². The number of thioether (sulfide) groups is 1. The van der Waals surface area contributed by atoms with E-state index in [0.717, 1.165) is 35.5 Å². The van der Waals surface area contributed by atoms with E-state index in [1.54, 1.807) is 12.3 Å². The summed E-state index contributed by atoms with van der Waals surface area (Å²) < 4.78 is 34.5. The van der Waals surface area contributed by atoms with Gasteiger partial charge in [-0.1, -0.05) is 26.8 Å². The molecular formula is C29H38F2N6O2S. The number of aliphatic hydroxyl groups is 1. The number of nitrogens with one attached hydrogen (secondary N) is 1. The number of aromatic nitrogens is 3. The molecule has 11 heteroatoms. The third-order valence-electron chi connectivity index (χ3n) is 7.52. The van der Waals surface area contributed by atoms with Crippen LogP contribution < -0.4 is 15.1 Å². The Labute approximate surface area is 238 Å². The number of anilines is 4. The number of nitrogens with zero attached hydrogens (tertiary/aromatic N) is 5. The molecule has 0 saturated carbocycles. The van der Waals surface area contributed by atoms with Gasteiger partial charge in [0.25, 0.3) is 5.92 Å². The van der Waals surface area contributed by atoms with Crippen LogP contribution in [0, 0.1) is 5.92 Å². The zero-order chi connectivity index (χ0) is 28.3. The van der Waals surface area contributed by atoms with Crippen LogP contribution in [0.2, 0.25) is 0 Å². The predicted molar refractivity (Wildman–Crippen MR) is 158 cm³/mol. The van der Waals surface area contributed by atoms with E-state index < -0.39 is 18.6 Å². The van der Waals surface area contributed by atoms with E-state index in [0.29, 0.717) is 24.1 Å². The van der Waals surface area contributed by atoms with Crippen LogP contribution in [0.4, 0.5) is 32.1 Å². The highest BCUT2D eigenvalue weighted by Gasteiger charge is 2.46. The molecule has 216 valence electrons. The minimum Gasteiger partial charge on any atom is -0.394 e. The average Bonchev–Trinajstić information content (AvgIpc) is 2.91. The van der Waals surface area contributed by atoms with Gasteiger partial charge < -0.3 is 25.0 Å². The first-order valence-electron chi connectivity index (χ1n) is 14.0. The zero-order valence-electron chi connectivity index (χ0n) is 23.3. The van der Waals surface area contributed by atoms with Crippen molar-refractivity contribution in [3.8, 4) is 0 Å². The summed E-state index contributed by atoms with van der Waals surface area (Å²) in [6, 6.07) is 8.20. The number of aliphatic hydroxyl groups excluding tert-OH is 1. The summed E-state index contributed by atoms with van der Waals surface area (Å²) in [7, 11) is 0. The summed E-state index contributed by atoms with van der Waals surface area (Å²) in [6.45, 7) is 8.11. The zero-order valence-corrected chi connectivity index (χ0v) is 24.1. The minimum atomic E-state index is -3.07. The third-order valence-corrected chi connectivity index (χ3v) is 8.63. The standard InChI is InChI=1S/C29H38F2N6O2S/c1-4-40-17-20-15-37(16-20)24-6-5-21(19(2)3)22-13-27(33-14-23(22)24)34-26-7-9-32-28(35-26)36-10-8-25(39-12-11-38)29(30,31)18-36/h5-7,9,13-14,19-20,25,38H,4,8,10-12,15-18H2,1-3H3,(H,32,33,34,35). The lowest BCUT2D eigenvalue weighted by atomic mass is 9.93. The molecule has 8 nitrogen and oxygen atoms in total. The van der Waals surface area contributed by atoms with Gasteiger partial charge in [-0.3, -0.25) is 0 Å². The molecule has 3 aromatic rings. The van der Waals surface area contributed by atoms with Gasteiger partial charge in [0.2, 0.25) is 5.95 Å². The molecule has 1 atom stereocenters. The second kappa shape index (κ2) is 12.4. The quantitative estimate of drug-likeness (QED) is 0.318. The van der Waals surface area contributed by atoms with Gasteiger partial charge in [0.15, 0.2) is 0 Å². The molecule has 1 aromatic carbocycles. The normalized spacial score (nSPS) is 19.3. The predicted octanol–water partition coefficient (Wildman–Crippen LogP) is 5.30. The lowest BCUT2D eigenvalue weighted by molar-refractivity contribution is -0.146. The molecule has 0 bridgehead atoms. The first kappa shape index (κ1) is 28.8. The molecule has 1 unspecified atom stereocenters. The Hall–Kier alpha value is -2.76. The molecule has 0 aliphatic carbocycles. The molecule has 4 heterocycles. The topological polar surface area (TPSA) is 86.6 Å². The second-order valence-electron chi connectivity index (χ2n) is 10.8. The van der Waals surface area contributed by atoms with Gasteiger partial charge in [0.1, 0.15) is 17.7 Å². The minimum absolute atomic E-state index is 0.106. The number of hydrogen-bond acceptors (Lipinski definition) is 9. The van der Waals surface area contributed by atoms with E-state index in [4.69, 9.17) is 14.8 Å². The number of alkyl halides is 2. The van der Waals surface area contributed by atoms with Crippen molar-refractivity contribution < 1.29 is 18.6 Å². The first-order valence-corrected chi connectivity index (χ1v) is 15.1. The highest BCUT2D eigenvalue weighted by atomic mass is 32.2. The fourth-order valence-electron chi connectivity index (χ4n) is 5.44. The van der Waals surface area contributed by atoms with Crippen LogP contribution in [0.25, 0.3) is 10.8 Å². The number of hydrogen-bond donors (Lipinski definition) is 2. The summed E-state index contributed by atoms with van der Waals surface area (Å²) in [6.07, 6.45) is 2.38. The maximum atomic E-state index is 14.7. The molecule has 2 saturated heterocycles. The average molecular weight is 573 g/mol. The van der Waals surface area contributed by atoms with E-state index in [2.05, 4.69) is 59.2 Å². The van der Waals surface area contributed by atoms with E-state index >= 15 is 0 Å². The first-order chi connectivity index (χ1) is 19.3. The number of pyridine rings is 1. The van der Waals surface area contributed by atoms with Crippen LogP contribution in [0.5, 0.6) is 0 Å². The number of halogens is 2. The van der Waals surface area contributed by atoms with Crippen LogP contribution in [0.15, 0.2) is 36.7 Å². The second-order valence-corrected chi connectivity index (χ2v) is 12.1.